The average Bonchev–Trinajstić information content (AvgIpc) is 2.32. The molecule has 0 saturated heterocycles. The highest BCUT2D eigenvalue weighted by atomic mass is 16.6. The topological polar surface area (TPSA) is 72.6 Å². The molecule has 0 aliphatic rings. The molecule has 0 radical (unpaired) electrons. The molecule has 0 amide bonds. The Morgan fingerprint density at radius 3 is 2.28 bits per heavy atom. The van der Waals surface area contributed by atoms with Gasteiger partial charge in [-0.15, -0.1) is 0 Å². The van der Waals surface area contributed by atoms with Crippen LogP contribution in [0.5, 0.6) is 17.2 Å². The molecule has 92 valence electrons. The van der Waals surface area contributed by atoms with E-state index in [0.717, 1.165) is 0 Å². The Labute approximate surface area is 103 Å². The molecule has 2 aromatic carbocycles. The molecule has 0 bridgehead atoms. The normalized spacial score (nSPS) is 10.1. The van der Waals surface area contributed by atoms with Crippen molar-refractivity contribution >= 4 is 5.69 Å². The van der Waals surface area contributed by atoms with Gasteiger partial charge in [-0.1, -0.05) is 0 Å². The maximum Gasteiger partial charge on any atom is 0.272 e. The molecule has 0 atom stereocenters. The fourth-order valence-corrected chi connectivity index (χ4v) is 1.55. The van der Waals surface area contributed by atoms with E-state index in [9.17, 15) is 10.1 Å². The molecule has 0 heterocycles. The SMILES string of the molecule is Cc1cc(Oc2ccc(O)cc2)ccc1[N+](=O)[O-]. The molecular formula is C13H11NO4. The number of aromatic hydroxyl groups is 1. The Morgan fingerprint density at radius 2 is 1.72 bits per heavy atom. The summed E-state index contributed by atoms with van der Waals surface area (Å²) in [4.78, 5) is 10.2. The summed E-state index contributed by atoms with van der Waals surface area (Å²) in [6.07, 6.45) is 0. The van der Waals surface area contributed by atoms with E-state index in [2.05, 4.69) is 0 Å². The van der Waals surface area contributed by atoms with Crippen molar-refractivity contribution in [2.24, 2.45) is 0 Å². The molecule has 2 rings (SSSR count). The van der Waals surface area contributed by atoms with E-state index < -0.39 is 4.92 Å². The quantitative estimate of drug-likeness (QED) is 0.664. The van der Waals surface area contributed by atoms with E-state index in [1.165, 1.54) is 24.3 Å². The van der Waals surface area contributed by atoms with Gasteiger partial charge in [0.2, 0.25) is 0 Å². The van der Waals surface area contributed by atoms with E-state index >= 15 is 0 Å². The second-order valence-corrected chi connectivity index (χ2v) is 3.80. The first-order chi connectivity index (χ1) is 8.56. The largest absolute Gasteiger partial charge is 0.508 e. The predicted molar refractivity (Wildman–Crippen MR) is 66.0 cm³/mol. The van der Waals surface area contributed by atoms with Crippen LogP contribution in [0.3, 0.4) is 0 Å². The number of phenolic OH excluding ortho intramolecular Hbond substituents is 1. The number of rotatable bonds is 3. The molecule has 2 aromatic rings. The van der Waals surface area contributed by atoms with Crippen LogP contribution in [0.4, 0.5) is 5.69 Å². The number of hydrogen-bond acceptors (Lipinski definition) is 4. The number of nitro groups is 1. The molecule has 0 aliphatic carbocycles. The highest BCUT2D eigenvalue weighted by Crippen LogP contribution is 2.27. The molecule has 0 unspecified atom stereocenters. The van der Waals surface area contributed by atoms with E-state index in [-0.39, 0.29) is 11.4 Å². The van der Waals surface area contributed by atoms with Crippen LogP contribution in [0, 0.1) is 17.0 Å². The zero-order valence-corrected chi connectivity index (χ0v) is 9.66. The molecular weight excluding hydrogens is 234 g/mol. The number of hydrogen-bond donors (Lipinski definition) is 1. The molecule has 5 nitrogen and oxygen atoms in total. The number of benzene rings is 2. The van der Waals surface area contributed by atoms with Gasteiger partial charge in [0.1, 0.15) is 17.2 Å². The maximum absolute atomic E-state index is 10.7. The number of ether oxygens (including phenoxy) is 1. The van der Waals surface area contributed by atoms with Crippen LogP contribution in [0.15, 0.2) is 42.5 Å². The Hall–Kier alpha value is -2.56. The molecule has 0 aromatic heterocycles. The van der Waals surface area contributed by atoms with Gasteiger partial charge in [0.25, 0.3) is 5.69 Å². The molecule has 1 N–H and O–H groups in total. The van der Waals surface area contributed by atoms with Crippen molar-refractivity contribution in [2.75, 3.05) is 0 Å². The number of aryl methyl sites for hydroxylation is 1. The van der Waals surface area contributed by atoms with Crippen molar-refractivity contribution in [3.63, 3.8) is 0 Å². The van der Waals surface area contributed by atoms with Crippen molar-refractivity contribution in [1.82, 2.24) is 0 Å². The van der Waals surface area contributed by atoms with Crippen LogP contribution in [0.2, 0.25) is 0 Å². The summed E-state index contributed by atoms with van der Waals surface area (Å²) in [7, 11) is 0. The second-order valence-electron chi connectivity index (χ2n) is 3.80. The first kappa shape index (κ1) is 11.9. The minimum absolute atomic E-state index is 0.0630. The van der Waals surface area contributed by atoms with E-state index in [4.69, 9.17) is 9.84 Å². The Balaban J connectivity index is 2.22. The first-order valence-corrected chi connectivity index (χ1v) is 5.28. The lowest BCUT2D eigenvalue weighted by Crippen LogP contribution is -1.92. The zero-order valence-electron chi connectivity index (χ0n) is 9.66. The number of nitro benzene ring substituents is 1. The fourth-order valence-electron chi connectivity index (χ4n) is 1.55. The maximum atomic E-state index is 10.7. The highest BCUT2D eigenvalue weighted by Gasteiger charge is 2.10. The third-order valence-corrected chi connectivity index (χ3v) is 2.44. The van der Waals surface area contributed by atoms with Crippen molar-refractivity contribution in [1.29, 1.82) is 0 Å². The van der Waals surface area contributed by atoms with Gasteiger partial charge < -0.3 is 9.84 Å². The third kappa shape index (κ3) is 2.57. The van der Waals surface area contributed by atoms with Gasteiger partial charge in [-0.2, -0.15) is 0 Å². The molecule has 0 saturated carbocycles. The fraction of sp³-hybridized carbons (Fsp3) is 0.0769. The molecule has 5 heteroatoms. The molecule has 0 aliphatic heterocycles. The summed E-state index contributed by atoms with van der Waals surface area (Å²) in [5.74, 6) is 1.23. The van der Waals surface area contributed by atoms with E-state index in [0.29, 0.717) is 17.1 Å². The van der Waals surface area contributed by atoms with Gasteiger partial charge in [-0.3, -0.25) is 10.1 Å². The summed E-state index contributed by atoms with van der Waals surface area (Å²) in [5.41, 5.74) is 0.601. The van der Waals surface area contributed by atoms with Gasteiger partial charge in [0.15, 0.2) is 0 Å². The lowest BCUT2D eigenvalue weighted by atomic mass is 10.2. The van der Waals surface area contributed by atoms with Crippen molar-refractivity contribution in [2.45, 2.75) is 6.92 Å². The summed E-state index contributed by atoms with van der Waals surface area (Å²) in [6.45, 7) is 1.65. The molecule has 0 spiro atoms. The predicted octanol–water partition coefficient (Wildman–Crippen LogP) is 3.40. The Morgan fingerprint density at radius 1 is 1.11 bits per heavy atom. The van der Waals surface area contributed by atoms with Gasteiger partial charge in [0.05, 0.1) is 4.92 Å². The smallest absolute Gasteiger partial charge is 0.272 e. The lowest BCUT2D eigenvalue weighted by molar-refractivity contribution is -0.385. The summed E-state index contributed by atoms with van der Waals surface area (Å²) >= 11 is 0. The highest BCUT2D eigenvalue weighted by molar-refractivity contribution is 5.45. The standard InChI is InChI=1S/C13H11NO4/c1-9-8-12(6-7-13(9)14(16)17)18-11-4-2-10(15)3-5-11/h2-8,15H,1H3. The summed E-state index contributed by atoms with van der Waals surface area (Å²) in [5, 5.41) is 19.8. The molecule has 0 fully saturated rings. The summed E-state index contributed by atoms with van der Waals surface area (Å²) in [6, 6.07) is 10.8. The van der Waals surface area contributed by atoms with Crippen molar-refractivity contribution in [3.8, 4) is 17.2 Å². The monoisotopic (exact) mass is 245 g/mol. The number of nitrogens with zero attached hydrogens (tertiary/aromatic N) is 1. The van der Waals surface area contributed by atoms with Gasteiger partial charge >= 0.3 is 0 Å². The third-order valence-electron chi connectivity index (χ3n) is 2.44. The zero-order chi connectivity index (χ0) is 13.1. The van der Waals surface area contributed by atoms with Crippen molar-refractivity contribution in [3.05, 3.63) is 58.1 Å². The van der Waals surface area contributed by atoms with E-state index in [1.54, 1.807) is 25.1 Å². The van der Waals surface area contributed by atoms with Crippen LogP contribution in [-0.2, 0) is 0 Å². The van der Waals surface area contributed by atoms with Crippen molar-refractivity contribution < 1.29 is 14.8 Å². The van der Waals surface area contributed by atoms with Gasteiger partial charge in [-0.05, 0) is 43.3 Å². The Kier molecular flexibility index (Phi) is 3.14. The molecule has 18 heavy (non-hydrogen) atoms. The van der Waals surface area contributed by atoms with Gasteiger partial charge in [0, 0.05) is 11.6 Å². The Bertz CT molecular complexity index is 578. The second kappa shape index (κ2) is 4.75. The summed E-state index contributed by atoms with van der Waals surface area (Å²) < 4.78 is 5.52. The number of phenols is 1. The van der Waals surface area contributed by atoms with Crippen LogP contribution in [0.1, 0.15) is 5.56 Å². The van der Waals surface area contributed by atoms with Crippen LogP contribution < -0.4 is 4.74 Å². The minimum atomic E-state index is -0.431. The van der Waals surface area contributed by atoms with Crippen LogP contribution in [-0.4, -0.2) is 10.0 Å². The average molecular weight is 245 g/mol. The lowest BCUT2D eigenvalue weighted by Gasteiger charge is -2.06. The van der Waals surface area contributed by atoms with E-state index in [1.807, 2.05) is 0 Å². The van der Waals surface area contributed by atoms with Gasteiger partial charge in [-0.25, -0.2) is 0 Å². The first-order valence-electron chi connectivity index (χ1n) is 5.28. The van der Waals surface area contributed by atoms with Crippen LogP contribution >= 0.6 is 0 Å². The van der Waals surface area contributed by atoms with Crippen LogP contribution in [0.25, 0.3) is 0 Å². The minimum Gasteiger partial charge on any atom is -0.508 e.